The zero-order valence-electron chi connectivity index (χ0n) is 11.2. The highest BCUT2D eigenvalue weighted by Crippen LogP contribution is 2.09. The van der Waals surface area contributed by atoms with Crippen LogP contribution in [0.4, 0.5) is 0 Å². The lowest BCUT2D eigenvalue weighted by Gasteiger charge is -2.02. The van der Waals surface area contributed by atoms with Crippen LogP contribution in [0.2, 0.25) is 0 Å². The molecule has 6 heteroatoms. The molecule has 1 aromatic carbocycles. The van der Waals surface area contributed by atoms with E-state index in [9.17, 15) is 4.79 Å². The fraction of sp³-hybridized carbons (Fsp3) is 0.214. The van der Waals surface area contributed by atoms with E-state index in [1.165, 1.54) is 14.9 Å². The molecule has 0 saturated heterocycles. The molecule has 0 bridgehead atoms. The molecule has 0 unspecified atom stereocenters. The first-order chi connectivity index (χ1) is 9.54. The molecule has 0 atom stereocenters. The number of hydrazone groups is 1. The van der Waals surface area contributed by atoms with Crippen molar-refractivity contribution in [2.45, 2.75) is 20.3 Å². The summed E-state index contributed by atoms with van der Waals surface area (Å²) in [6.45, 7) is 3.78. The van der Waals surface area contributed by atoms with Gasteiger partial charge in [0.15, 0.2) is 0 Å². The second kappa shape index (κ2) is 6.94. The number of aromatic nitrogens is 1. The van der Waals surface area contributed by atoms with Gasteiger partial charge in [0.25, 0.3) is 0 Å². The van der Waals surface area contributed by atoms with Crippen LogP contribution in [0, 0.1) is 10.5 Å². The molecule has 20 heavy (non-hydrogen) atoms. The van der Waals surface area contributed by atoms with Crippen LogP contribution in [0.25, 0.3) is 0 Å². The topological polar surface area (TPSA) is 54.4 Å². The van der Waals surface area contributed by atoms with Crippen LogP contribution in [0.5, 0.6) is 0 Å². The molecule has 0 aliphatic heterocycles. The third-order valence-electron chi connectivity index (χ3n) is 2.59. The molecule has 1 amide bonds. The van der Waals surface area contributed by atoms with Gasteiger partial charge in [-0.05, 0) is 54.1 Å². The average Bonchev–Trinajstić information content (AvgIpc) is 2.82. The average molecular weight is 399 g/mol. The van der Waals surface area contributed by atoms with Crippen molar-refractivity contribution < 1.29 is 4.79 Å². The molecule has 0 saturated carbocycles. The maximum atomic E-state index is 11.8. The summed E-state index contributed by atoms with van der Waals surface area (Å²) in [5.41, 5.74) is 5.29. The predicted molar refractivity (Wildman–Crippen MR) is 90.1 cm³/mol. The van der Waals surface area contributed by atoms with Gasteiger partial charge < -0.3 is 0 Å². The number of hydrogen-bond acceptors (Lipinski definition) is 4. The fourth-order valence-corrected chi connectivity index (χ4v) is 2.69. The highest BCUT2D eigenvalue weighted by Gasteiger charge is 2.06. The number of nitrogens with one attached hydrogen (secondary N) is 1. The number of aryl methyl sites for hydroxylation is 1. The van der Waals surface area contributed by atoms with E-state index in [0.717, 1.165) is 22.0 Å². The quantitative estimate of drug-likeness (QED) is 0.488. The van der Waals surface area contributed by atoms with Crippen molar-refractivity contribution in [3.63, 3.8) is 0 Å². The van der Waals surface area contributed by atoms with E-state index in [-0.39, 0.29) is 12.3 Å². The largest absolute Gasteiger partial charge is 0.273 e. The molecular formula is C14H14IN3OS. The van der Waals surface area contributed by atoms with E-state index >= 15 is 0 Å². The zero-order valence-corrected chi connectivity index (χ0v) is 14.2. The molecule has 2 rings (SSSR count). The standard InChI is InChI=1S/C14H14IN3OS/c1-9-8-20-14(16-9)7-13(19)18-17-10(2)11-3-5-12(15)6-4-11/h3-6,8H,7H2,1-2H3,(H,18,19)/b17-10-. The van der Waals surface area contributed by atoms with Gasteiger partial charge in [0, 0.05) is 14.6 Å². The summed E-state index contributed by atoms with van der Waals surface area (Å²) in [5, 5.41) is 6.86. The molecule has 1 heterocycles. The van der Waals surface area contributed by atoms with Gasteiger partial charge in [-0.15, -0.1) is 11.3 Å². The molecule has 0 radical (unpaired) electrons. The fourth-order valence-electron chi connectivity index (χ4n) is 1.56. The summed E-state index contributed by atoms with van der Waals surface area (Å²) < 4.78 is 1.17. The van der Waals surface area contributed by atoms with Crippen molar-refractivity contribution in [3.05, 3.63) is 49.5 Å². The van der Waals surface area contributed by atoms with E-state index in [4.69, 9.17) is 0 Å². The minimum Gasteiger partial charge on any atom is -0.273 e. The highest BCUT2D eigenvalue weighted by molar-refractivity contribution is 14.1. The van der Waals surface area contributed by atoms with E-state index < -0.39 is 0 Å². The van der Waals surface area contributed by atoms with Gasteiger partial charge >= 0.3 is 0 Å². The van der Waals surface area contributed by atoms with Crippen molar-refractivity contribution in [1.82, 2.24) is 10.4 Å². The second-order valence-electron chi connectivity index (χ2n) is 4.30. The minimum absolute atomic E-state index is 0.149. The zero-order chi connectivity index (χ0) is 14.5. The number of benzene rings is 1. The Balaban J connectivity index is 1.94. The Morgan fingerprint density at radius 3 is 2.70 bits per heavy atom. The van der Waals surface area contributed by atoms with Crippen LogP contribution in [0.3, 0.4) is 0 Å². The Kier molecular flexibility index (Phi) is 5.24. The Hall–Kier alpha value is -1.28. The lowest BCUT2D eigenvalue weighted by Crippen LogP contribution is -2.21. The monoisotopic (exact) mass is 399 g/mol. The lowest BCUT2D eigenvalue weighted by atomic mass is 10.1. The number of carbonyl (C=O) groups excluding carboxylic acids is 1. The Bertz CT molecular complexity index is 634. The van der Waals surface area contributed by atoms with E-state index in [2.05, 4.69) is 38.1 Å². The van der Waals surface area contributed by atoms with E-state index in [1.807, 2.05) is 43.5 Å². The first kappa shape index (κ1) is 15.1. The van der Waals surface area contributed by atoms with Gasteiger partial charge in [0.05, 0.1) is 12.1 Å². The van der Waals surface area contributed by atoms with Crippen LogP contribution < -0.4 is 5.43 Å². The van der Waals surface area contributed by atoms with Gasteiger partial charge in [-0.3, -0.25) is 4.79 Å². The van der Waals surface area contributed by atoms with Crippen LogP contribution in [-0.2, 0) is 11.2 Å². The SMILES string of the molecule is C/C(=N/NC(=O)Cc1nc(C)cs1)c1ccc(I)cc1. The highest BCUT2D eigenvalue weighted by atomic mass is 127. The number of thiazole rings is 1. The molecule has 0 aliphatic rings. The molecule has 1 aromatic heterocycles. The number of amides is 1. The molecule has 0 spiro atoms. The van der Waals surface area contributed by atoms with Crippen LogP contribution in [0.15, 0.2) is 34.7 Å². The molecule has 0 fully saturated rings. The minimum atomic E-state index is -0.149. The van der Waals surface area contributed by atoms with Gasteiger partial charge in [0.1, 0.15) is 5.01 Å². The summed E-state index contributed by atoms with van der Waals surface area (Å²) in [4.78, 5) is 16.0. The number of halogens is 1. The molecule has 1 N–H and O–H groups in total. The molecular weight excluding hydrogens is 385 g/mol. The van der Waals surface area contributed by atoms with Crippen LogP contribution in [-0.4, -0.2) is 16.6 Å². The number of carbonyl (C=O) groups is 1. The number of nitrogens with zero attached hydrogens (tertiary/aromatic N) is 2. The molecule has 4 nitrogen and oxygen atoms in total. The Morgan fingerprint density at radius 2 is 2.10 bits per heavy atom. The second-order valence-corrected chi connectivity index (χ2v) is 6.49. The smallest absolute Gasteiger partial charge is 0.246 e. The Morgan fingerprint density at radius 1 is 1.40 bits per heavy atom. The molecule has 104 valence electrons. The summed E-state index contributed by atoms with van der Waals surface area (Å²) in [6, 6.07) is 7.98. The van der Waals surface area contributed by atoms with Crippen molar-refractivity contribution >= 4 is 45.5 Å². The third kappa shape index (κ3) is 4.38. The first-order valence-corrected chi connectivity index (χ1v) is 8.00. The Labute approximate surface area is 135 Å². The summed E-state index contributed by atoms with van der Waals surface area (Å²) in [6.07, 6.45) is 0.266. The summed E-state index contributed by atoms with van der Waals surface area (Å²) in [7, 11) is 0. The van der Waals surface area contributed by atoms with E-state index in [0.29, 0.717) is 0 Å². The third-order valence-corrected chi connectivity index (χ3v) is 4.27. The van der Waals surface area contributed by atoms with Crippen molar-refractivity contribution in [3.8, 4) is 0 Å². The summed E-state index contributed by atoms with van der Waals surface area (Å²) >= 11 is 3.74. The molecule has 0 aliphatic carbocycles. The van der Waals surface area contributed by atoms with E-state index in [1.54, 1.807) is 0 Å². The molecule has 2 aromatic rings. The number of rotatable bonds is 4. The maximum absolute atomic E-state index is 11.8. The van der Waals surface area contributed by atoms with Crippen molar-refractivity contribution in [2.24, 2.45) is 5.10 Å². The lowest BCUT2D eigenvalue weighted by molar-refractivity contribution is -0.120. The van der Waals surface area contributed by atoms with Gasteiger partial charge in [0.2, 0.25) is 5.91 Å². The van der Waals surface area contributed by atoms with Gasteiger partial charge in [-0.2, -0.15) is 5.10 Å². The normalized spacial score (nSPS) is 11.4. The summed E-state index contributed by atoms with van der Waals surface area (Å²) in [5.74, 6) is -0.149. The van der Waals surface area contributed by atoms with Crippen molar-refractivity contribution in [1.29, 1.82) is 0 Å². The van der Waals surface area contributed by atoms with Crippen molar-refractivity contribution in [2.75, 3.05) is 0 Å². The predicted octanol–water partition coefficient (Wildman–Crippen LogP) is 3.14. The maximum Gasteiger partial charge on any atom is 0.246 e. The van der Waals surface area contributed by atoms with Gasteiger partial charge in [-0.25, -0.2) is 10.4 Å². The van der Waals surface area contributed by atoms with Crippen LogP contribution in [0.1, 0.15) is 23.2 Å². The van der Waals surface area contributed by atoms with Gasteiger partial charge in [-0.1, -0.05) is 12.1 Å². The van der Waals surface area contributed by atoms with Crippen LogP contribution >= 0.6 is 33.9 Å². The number of hydrogen-bond donors (Lipinski definition) is 1. The first-order valence-electron chi connectivity index (χ1n) is 6.04.